The lowest BCUT2D eigenvalue weighted by Gasteiger charge is -2.16. The Bertz CT molecular complexity index is 799. The molecule has 2 N–H and O–H groups in total. The van der Waals surface area contributed by atoms with E-state index in [0.29, 0.717) is 23.1 Å². The Morgan fingerprint density at radius 1 is 1.48 bits per heavy atom. The maximum atomic E-state index is 12.5. The van der Waals surface area contributed by atoms with E-state index in [1.54, 1.807) is 28.6 Å². The molecular formula is C14H17ClN6O3S. The van der Waals surface area contributed by atoms with E-state index >= 15 is 0 Å². The molecule has 9 nitrogen and oxygen atoms in total. The fourth-order valence-corrected chi connectivity index (χ4v) is 3.35. The molecule has 25 heavy (non-hydrogen) atoms. The number of nitrogens with zero attached hydrogens (tertiary/aromatic N) is 5. The lowest BCUT2D eigenvalue weighted by molar-refractivity contribution is -0.387. The fraction of sp³-hybridized carbons (Fsp3) is 0.357. The number of halogens is 1. The average molecular weight is 385 g/mol. The zero-order valence-electron chi connectivity index (χ0n) is 13.4. The minimum absolute atomic E-state index is 0. The van der Waals surface area contributed by atoms with Crippen LogP contribution in [-0.2, 0) is 7.05 Å². The van der Waals surface area contributed by atoms with Crippen molar-refractivity contribution in [2.24, 2.45) is 12.8 Å². The summed E-state index contributed by atoms with van der Waals surface area (Å²) in [4.78, 5) is 25.4. The lowest BCUT2D eigenvalue weighted by atomic mass is 10.2. The van der Waals surface area contributed by atoms with E-state index in [1.165, 1.54) is 12.4 Å². The molecule has 0 radical (unpaired) electrons. The summed E-state index contributed by atoms with van der Waals surface area (Å²) in [5.74, 6) is -0.235. The second-order valence-electron chi connectivity index (χ2n) is 5.57. The first-order chi connectivity index (χ1) is 11.5. The van der Waals surface area contributed by atoms with Crippen LogP contribution < -0.4 is 5.73 Å². The third-order valence-corrected chi connectivity index (χ3v) is 4.90. The Labute approximate surface area is 154 Å². The van der Waals surface area contributed by atoms with Crippen LogP contribution in [0.1, 0.15) is 16.8 Å². The van der Waals surface area contributed by atoms with Crippen LogP contribution in [0.4, 0.5) is 5.69 Å². The predicted molar refractivity (Wildman–Crippen MR) is 94.0 cm³/mol. The van der Waals surface area contributed by atoms with Crippen LogP contribution in [0.3, 0.4) is 0 Å². The molecule has 1 saturated heterocycles. The molecule has 0 spiro atoms. The number of hydrogen-bond donors (Lipinski definition) is 1. The van der Waals surface area contributed by atoms with Crippen molar-refractivity contribution in [3.8, 4) is 0 Å². The molecule has 1 aliphatic rings. The number of carbonyl (C=O) groups is 1. The van der Waals surface area contributed by atoms with E-state index in [1.807, 2.05) is 0 Å². The standard InChI is InChI=1S/C14H16N6O3S.ClH/c1-18-8-16-17-14(18)24-12-3-2-9(6-11(12)20(22)23)13(21)19-5-4-10(15)7-19;/h2-3,6,8,10H,4-5,7,15H2,1H3;1H/t10-;/m1./s1. The Morgan fingerprint density at radius 2 is 2.24 bits per heavy atom. The van der Waals surface area contributed by atoms with Crippen molar-refractivity contribution < 1.29 is 9.72 Å². The van der Waals surface area contributed by atoms with Gasteiger partial charge in [0.05, 0.1) is 9.82 Å². The van der Waals surface area contributed by atoms with Gasteiger partial charge < -0.3 is 15.2 Å². The van der Waals surface area contributed by atoms with E-state index in [9.17, 15) is 14.9 Å². The number of benzene rings is 1. The van der Waals surface area contributed by atoms with Gasteiger partial charge in [0.15, 0.2) is 5.16 Å². The molecule has 0 aliphatic carbocycles. The van der Waals surface area contributed by atoms with Crippen molar-refractivity contribution in [1.29, 1.82) is 0 Å². The van der Waals surface area contributed by atoms with E-state index < -0.39 is 4.92 Å². The van der Waals surface area contributed by atoms with Crippen LogP contribution in [-0.4, -0.2) is 49.6 Å². The average Bonchev–Trinajstić information content (AvgIpc) is 3.16. The number of amides is 1. The number of nitro benzene ring substituents is 1. The molecular weight excluding hydrogens is 368 g/mol. The van der Waals surface area contributed by atoms with Crippen molar-refractivity contribution in [3.05, 3.63) is 40.2 Å². The highest BCUT2D eigenvalue weighted by Crippen LogP contribution is 2.34. The first-order valence-electron chi connectivity index (χ1n) is 7.31. The molecule has 1 aliphatic heterocycles. The van der Waals surface area contributed by atoms with Crippen LogP contribution in [0.15, 0.2) is 34.6 Å². The van der Waals surface area contributed by atoms with Gasteiger partial charge in [-0.05, 0) is 30.3 Å². The minimum Gasteiger partial charge on any atom is -0.337 e. The second-order valence-corrected chi connectivity index (χ2v) is 6.58. The number of aryl methyl sites for hydroxylation is 1. The molecule has 2 aromatic rings. The molecule has 0 unspecified atom stereocenters. The molecule has 1 amide bonds. The SMILES string of the molecule is Cl.Cn1cnnc1Sc1ccc(C(=O)N2CC[C@@H](N)C2)cc1[N+](=O)[O-]. The number of nitro groups is 1. The van der Waals surface area contributed by atoms with Crippen molar-refractivity contribution in [2.75, 3.05) is 13.1 Å². The predicted octanol–water partition coefficient (Wildman–Crippen LogP) is 1.47. The fourth-order valence-electron chi connectivity index (χ4n) is 2.50. The van der Waals surface area contributed by atoms with Gasteiger partial charge >= 0.3 is 0 Å². The van der Waals surface area contributed by atoms with Gasteiger partial charge in [0.2, 0.25) is 0 Å². The molecule has 1 aromatic heterocycles. The third-order valence-electron chi connectivity index (χ3n) is 3.79. The van der Waals surface area contributed by atoms with Crippen LogP contribution in [0.5, 0.6) is 0 Å². The van der Waals surface area contributed by atoms with Crippen molar-refractivity contribution in [2.45, 2.75) is 22.5 Å². The second kappa shape index (κ2) is 7.81. The molecule has 2 heterocycles. The van der Waals surface area contributed by atoms with Gasteiger partial charge in [0.25, 0.3) is 11.6 Å². The number of rotatable bonds is 4. The molecule has 1 atom stereocenters. The molecule has 0 bridgehead atoms. The zero-order valence-corrected chi connectivity index (χ0v) is 15.0. The van der Waals surface area contributed by atoms with Gasteiger partial charge in [-0.3, -0.25) is 14.9 Å². The Hall–Kier alpha value is -2.17. The summed E-state index contributed by atoms with van der Waals surface area (Å²) in [5, 5.41) is 19.6. The first kappa shape index (κ1) is 19.2. The van der Waals surface area contributed by atoms with Gasteiger partial charge in [-0.15, -0.1) is 22.6 Å². The molecule has 3 rings (SSSR count). The normalized spacial score (nSPS) is 16.6. The zero-order chi connectivity index (χ0) is 17.3. The number of hydrogen-bond acceptors (Lipinski definition) is 7. The van der Waals surface area contributed by atoms with Crippen LogP contribution in [0.25, 0.3) is 0 Å². The summed E-state index contributed by atoms with van der Waals surface area (Å²) in [5.41, 5.74) is 5.97. The smallest absolute Gasteiger partial charge is 0.284 e. The summed E-state index contributed by atoms with van der Waals surface area (Å²) in [6, 6.07) is 4.44. The molecule has 11 heteroatoms. The monoisotopic (exact) mass is 384 g/mol. The largest absolute Gasteiger partial charge is 0.337 e. The Morgan fingerprint density at radius 3 is 2.80 bits per heavy atom. The van der Waals surface area contributed by atoms with Crippen LogP contribution in [0.2, 0.25) is 0 Å². The highest BCUT2D eigenvalue weighted by molar-refractivity contribution is 7.99. The van der Waals surface area contributed by atoms with E-state index in [2.05, 4.69) is 10.2 Å². The van der Waals surface area contributed by atoms with E-state index in [0.717, 1.165) is 18.2 Å². The van der Waals surface area contributed by atoms with E-state index in [-0.39, 0.29) is 35.6 Å². The molecule has 0 saturated carbocycles. The van der Waals surface area contributed by atoms with Crippen molar-refractivity contribution >= 4 is 35.8 Å². The molecule has 134 valence electrons. The summed E-state index contributed by atoms with van der Waals surface area (Å²) in [6.45, 7) is 1.05. The van der Waals surface area contributed by atoms with Gasteiger partial charge in [0.1, 0.15) is 6.33 Å². The highest BCUT2D eigenvalue weighted by Gasteiger charge is 2.27. The van der Waals surface area contributed by atoms with Gasteiger partial charge in [-0.1, -0.05) is 0 Å². The highest BCUT2D eigenvalue weighted by atomic mass is 35.5. The van der Waals surface area contributed by atoms with Crippen molar-refractivity contribution in [1.82, 2.24) is 19.7 Å². The minimum atomic E-state index is -0.495. The van der Waals surface area contributed by atoms with Crippen molar-refractivity contribution in [3.63, 3.8) is 0 Å². The summed E-state index contributed by atoms with van der Waals surface area (Å²) in [7, 11) is 1.75. The van der Waals surface area contributed by atoms with Crippen LogP contribution >= 0.6 is 24.2 Å². The van der Waals surface area contributed by atoms with Crippen LogP contribution in [0, 0.1) is 10.1 Å². The Balaban J connectivity index is 0.00000225. The van der Waals surface area contributed by atoms with Gasteiger partial charge in [-0.25, -0.2) is 0 Å². The Kier molecular flexibility index (Phi) is 5.98. The van der Waals surface area contributed by atoms with E-state index in [4.69, 9.17) is 5.73 Å². The molecule has 1 fully saturated rings. The first-order valence-corrected chi connectivity index (χ1v) is 8.12. The molecule has 1 aromatic carbocycles. The summed E-state index contributed by atoms with van der Waals surface area (Å²) >= 11 is 1.13. The topological polar surface area (TPSA) is 120 Å². The number of aromatic nitrogens is 3. The summed E-state index contributed by atoms with van der Waals surface area (Å²) in [6.07, 6.45) is 2.26. The maximum Gasteiger partial charge on any atom is 0.284 e. The third kappa shape index (κ3) is 4.09. The number of likely N-dealkylation sites (tertiary alicyclic amines) is 1. The summed E-state index contributed by atoms with van der Waals surface area (Å²) < 4.78 is 1.67. The maximum absolute atomic E-state index is 12.5. The lowest BCUT2D eigenvalue weighted by Crippen LogP contribution is -2.31. The number of carbonyl (C=O) groups excluding carboxylic acids is 1. The number of nitrogens with two attached hydrogens (primary N) is 1. The quantitative estimate of drug-likeness (QED) is 0.625. The van der Waals surface area contributed by atoms with Gasteiger partial charge in [-0.2, -0.15) is 0 Å². The van der Waals surface area contributed by atoms with Gasteiger partial charge in [0, 0.05) is 37.8 Å².